The molecule has 25 heavy (non-hydrogen) atoms. The third-order valence-electron chi connectivity index (χ3n) is 3.70. The highest BCUT2D eigenvalue weighted by molar-refractivity contribution is 6.03. The largest absolute Gasteiger partial charge is 0.497 e. The first kappa shape index (κ1) is 16.7. The van der Waals surface area contributed by atoms with E-state index in [1.807, 2.05) is 18.2 Å². The molecule has 0 radical (unpaired) electrons. The summed E-state index contributed by atoms with van der Waals surface area (Å²) in [5.41, 5.74) is 1.36. The predicted octanol–water partition coefficient (Wildman–Crippen LogP) is 3.33. The number of anilines is 1. The van der Waals surface area contributed by atoms with E-state index in [1.54, 1.807) is 50.4 Å². The Morgan fingerprint density at radius 2 is 1.96 bits per heavy atom. The summed E-state index contributed by atoms with van der Waals surface area (Å²) in [6.07, 6.45) is -1.09. The number of amides is 1. The SMILES string of the molecule is COc1cccc(C(O)c2nc(C(=O)Nc3ccccc3)c(C)o2)c1. The summed E-state index contributed by atoms with van der Waals surface area (Å²) in [6, 6.07) is 16.0. The van der Waals surface area contributed by atoms with Gasteiger partial charge in [0.15, 0.2) is 11.8 Å². The van der Waals surface area contributed by atoms with Crippen LogP contribution in [0, 0.1) is 6.92 Å². The summed E-state index contributed by atoms with van der Waals surface area (Å²) < 4.78 is 10.6. The zero-order valence-electron chi connectivity index (χ0n) is 13.9. The molecular formula is C19H18N2O4. The van der Waals surface area contributed by atoms with E-state index >= 15 is 0 Å². The summed E-state index contributed by atoms with van der Waals surface area (Å²) in [4.78, 5) is 16.5. The molecule has 3 rings (SSSR count). The van der Waals surface area contributed by atoms with E-state index in [-0.39, 0.29) is 11.6 Å². The Bertz CT molecular complexity index is 874. The fraction of sp³-hybridized carbons (Fsp3) is 0.158. The predicted molar refractivity (Wildman–Crippen MR) is 92.7 cm³/mol. The minimum atomic E-state index is -1.09. The van der Waals surface area contributed by atoms with Crippen molar-refractivity contribution in [3.8, 4) is 5.75 Å². The first-order valence-corrected chi connectivity index (χ1v) is 7.74. The zero-order chi connectivity index (χ0) is 17.8. The van der Waals surface area contributed by atoms with Crippen molar-refractivity contribution in [3.05, 3.63) is 77.5 Å². The molecule has 1 aromatic heterocycles. The van der Waals surface area contributed by atoms with E-state index in [2.05, 4.69) is 10.3 Å². The van der Waals surface area contributed by atoms with Gasteiger partial charge in [-0.15, -0.1) is 0 Å². The van der Waals surface area contributed by atoms with Crippen molar-refractivity contribution in [1.29, 1.82) is 0 Å². The van der Waals surface area contributed by atoms with Crippen LogP contribution in [-0.2, 0) is 0 Å². The number of carbonyl (C=O) groups is 1. The number of nitrogens with zero attached hydrogens (tertiary/aromatic N) is 1. The molecule has 0 saturated heterocycles. The van der Waals surface area contributed by atoms with Gasteiger partial charge in [-0.1, -0.05) is 30.3 Å². The van der Waals surface area contributed by atoms with Crippen molar-refractivity contribution in [2.24, 2.45) is 0 Å². The Morgan fingerprint density at radius 3 is 2.68 bits per heavy atom. The molecule has 0 aliphatic heterocycles. The van der Waals surface area contributed by atoms with Crippen LogP contribution in [0.4, 0.5) is 5.69 Å². The number of hydrogen-bond donors (Lipinski definition) is 2. The molecule has 2 aromatic carbocycles. The molecule has 0 aliphatic rings. The average molecular weight is 338 g/mol. The number of nitrogens with one attached hydrogen (secondary N) is 1. The molecule has 1 unspecified atom stereocenters. The smallest absolute Gasteiger partial charge is 0.277 e. The summed E-state index contributed by atoms with van der Waals surface area (Å²) >= 11 is 0. The van der Waals surface area contributed by atoms with E-state index < -0.39 is 12.0 Å². The fourth-order valence-electron chi connectivity index (χ4n) is 2.41. The van der Waals surface area contributed by atoms with Crippen molar-refractivity contribution in [3.63, 3.8) is 0 Å². The summed E-state index contributed by atoms with van der Waals surface area (Å²) in [5, 5.41) is 13.2. The number of aromatic nitrogens is 1. The first-order chi connectivity index (χ1) is 12.1. The number of aliphatic hydroxyl groups is 1. The number of benzene rings is 2. The molecule has 0 fully saturated rings. The number of hydrogen-bond acceptors (Lipinski definition) is 5. The maximum Gasteiger partial charge on any atom is 0.277 e. The molecule has 0 bridgehead atoms. The maximum absolute atomic E-state index is 12.4. The Hall–Kier alpha value is -3.12. The van der Waals surface area contributed by atoms with Gasteiger partial charge in [0.1, 0.15) is 11.5 Å². The molecular weight excluding hydrogens is 320 g/mol. The van der Waals surface area contributed by atoms with Crippen LogP contribution in [0.1, 0.15) is 33.8 Å². The number of rotatable bonds is 5. The number of para-hydroxylation sites is 1. The van der Waals surface area contributed by atoms with Crippen LogP contribution in [0.3, 0.4) is 0 Å². The number of ether oxygens (including phenoxy) is 1. The molecule has 128 valence electrons. The second-order valence-electron chi connectivity index (χ2n) is 5.46. The minimum absolute atomic E-state index is 0.0592. The van der Waals surface area contributed by atoms with E-state index in [9.17, 15) is 9.90 Å². The van der Waals surface area contributed by atoms with Crippen molar-refractivity contribution in [2.75, 3.05) is 12.4 Å². The number of aryl methyl sites for hydroxylation is 1. The Kier molecular flexibility index (Phi) is 4.81. The summed E-state index contributed by atoms with van der Waals surface area (Å²) in [7, 11) is 1.55. The van der Waals surface area contributed by atoms with Gasteiger partial charge < -0.3 is 19.6 Å². The number of oxazole rings is 1. The Balaban J connectivity index is 1.82. The Morgan fingerprint density at radius 1 is 1.20 bits per heavy atom. The van der Waals surface area contributed by atoms with Crippen LogP contribution in [0.25, 0.3) is 0 Å². The molecule has 0 saturated carbocycles. The minimum Gasteiger partial charge on any atom is -0.497 e. The monoisotopic (exact) mass is 338 g/mol. The van der Waals surface area contributed by atoms with Crippen molar-refractivity contribution < 1.29 is 19.1 Å². The quantitative estimate of drug-likeness (QED) is 0.745. The highest BCUT2D eigenvalue weighted by atomic mass is 16.5. The van der Waals surface area contributed by atoms with Gasteiger partial charge in [-0.05, 0) is 36.8 Å². The summed E-state index contributed by atoms with van der Waals surface area (Å²) in [6.45, 7) is 1.63. The normalized spacial score (nSPS) is 11.8. The molecule has 0 spiro atoms. The first-order valence-electron chi connectivity index (χ1n) is 7.74. The van der Waals surface area contributed by atoms with Crippen LogP contribution in [0.2, 0.25) is 0 Å². The van der Waals surface area contributed by atoms with Crippen LogP contribution < -0.4 is 10.1 Å². The van der Waals surface area contributed by atoms with Crippen molar-refractivity contribution >= 4 is 11.6 Å². The maximum atomic E-state index is 12.4. The van der Waals surface area contributed by atoms with Gasteiger partial charge in [-0.3, -0.25) is 4.79 Å². The topological polar surface area (TPSA) is 84.6 Å². The van der Waals surface area contributed by atoms with Gasteiger partial charge >= 0.3 is 0 Å². The van der Waals surface area contributed by atoms with Gasteiger partial charge in [0.25, 0.3) is 5.91 Å². The van der Waals surface area contributed by atoms with E-state index in [1.165, 1.54) is 0 Å². The Labute approximate surface area is 145 Å². The van der Waals surface area contributed by atoms with Crippen LogP contribution >= 0.6 is 0 Å². The highest BCUT2D eigenvalue weighted by Gasteiger charge is 2.23. The van der Waals surface area contributed by atoms with Crippen molar-refractivity contribution in [2.45, 2.75) is 13.0 Å². The molecule has 1 atom stereocenters. The van der Waals surface area contributed by atoms with Crippen LogP contribution in [0.15, 0.2) is 59.0 Å². The van der Waals surface area contributed by atoms with E-state index in [0.29, 0.717) is 22.8 Å². The number of methoxy groups -OCH3 is 1. The lowest BCUT2D eigenvalue weighted by Crippen LogP contribution is -2.13. The molecule has 0 aliphatic carbocycles. The third kappa shape index (κ3) is 3.70. The lowest BCUT2D eigenvalue weighted by Gasteiger charge is -2.08. The van der Waals surface area contributed by atoms with Gasteiger partial charge in [-0.2, -0.15) is 0 Å². The third-order valence-corrected chi connectivity index (χ3v) is 3.70. The zero-order valence-corrected chi connectivity index (χ0v) is 13.9. The van der Waals surface area contributed by atoms with Crippen molar-refractivity contribution in [1.82, 2.24) is 4.98 Å². The van der Waals surface area contributed by atoms with E-state index in [4.69, 9.17) is 9.15 Å². The fourth-order valence-corrected chi connectivity index (χ4v) is 2.41. The van der Waals surface area contributed by atoms with Crippen LogP contribution in [-0.4, -0.2) is 23.1 Å². The summed E-state index contributed by atoms with van der Waals surface area (Å²) in [5.74, 6) is 0.618. The molecule has 1 amide bonds. The number of carbonyl (C=O) groups excluding carboxylic acids is 1. The van der Waals surface area contributed by atoms with Gasteiger partial charge in [0.2, 0.25) is 5.89 Å². The number of aliphatic hydroxyl groups excluding tert-OH is 1. The van der Waals surface area contributed by atoms with Crippen LogP contribution in [0.5, 0.6) is 5.75 Å². The highest BCUT2D eigenvalue weighted by Crippen LogP contribution is 2.26. The van der Waals surface area contributed by atoms with E-state index in [0.717, 1.165) is 0 Å². The van der Waals surface area contributed by atoms with Gasteiger partial charge in [0.05, 0.1) is 7.11 Å². The second kappa shape index (κ2) is 7.19. The molecule has 1 heterocycles. The second-order valence-corrected chi connectivity index (χ2v) is 5.46. The molecule has 6 heteroatoms. The standard InChI is InChI=1S/C19H18N2O4/c1-12-16(18(23)20-14-8-4-3-5-9-14)21-19(25-12)17(22)13-7-6-10-15(11-13)24-2/h3-11,17,22H,1-2H3,(H,20,23). The van der Waals surface area contributed by atoms with Gasteiger partial charge in [-0.25, -0.2) is 4.98 Å². The molecule has 2 N–H and O–H groups in total. The lowest BCUT2D eigenvalue weighted by molar-refractivity contribution is 0.102. The lowest BCUT2D eigenvalue weighted by atomic mass is 10.1. The molecule has 3 aromatic rings. The average Bonchev–Trinajstić information content (AvgIpc) is 3.04. The van der Waals surface area contributed by atoms with Gasteiger partial charge in [0, 0.05) is 5.69 Å². The molecule has 6 nitrogen and oxygen atoms in total.